The summed E-state index contributed by atoms with van der Waals surface area (Å²) in [6, 6.07) is -3.21. The Morgan fingerprint density at radius 3 is 1.51 bits per heavy atom. The number of aldehydes is 2. The third-order valence-corrected chi connectivity index (χ3v) is 11.5. The Kier molecular flexibility index (Phi) is 26.4. The van der Waals surface area contributed by atoms with Crippen molar-refractivity contribution in [3.8, 4) is 0 Å². The Morgan fingerprint density at radius 2 is 1.07 bits per heavy atom. The zero-order chi connectivity index (χ0) is 52.6. The molecule has 21 N–H and O–H groups in total. The molecule has 0 aliphatic carbocycles. The smallest absolute Gasteiger partial charge is 0.364 e. The summed E-state index contributed by atoms with van der Waals surface area (Å²) < 4.78 is 44.9. The lowest BCUT2D eigenvalue weighted by atomic mass is 9.88. The maximum atomic E-state index is 13.0. The summed E-state index contributed by atoms with van der Waals surface area (Å²) in [5.41, 5.74) is 17.7. The van der Waals surface area contributed by atoms with Gasteiger partial charge in [0.1, 0.15) is 98.0 Å². The van der Waals surface area contributed by atoms with E-state index in [1.807, 2.05) is 0 Å². The summed E-state index contributed by atoms with van der Waals surface area (Å²) >= 11 is 0. The van der Waals surface area contributed by atoms with Gasteiger partial charge in [-0.05, 0) is 39.7 Å². The first kappa shape index (κ1) is 62.4. The molecule has 0 aromatic heterocycles. The second-order valence-corrected chi connectivity index (χ2v) is 16.4. The van der Waals surface area contributed by atoms with Crippen molar-refractivity contribution in [2.75, 3.05) is 39.6 Å². The normalized spacial score (nSPS) is 39.8. The Hall–Kier alpha value is -2.68. The van der Waals surface area contributed by atoms with Gasteiger partial charge in [-0.1, -0.05) is 0 Å². The van der Waals surface area contributed by atoms with Gasteiger partial charge in [0, 0.05) is 19.4 Å². The van der Waals surface area contributed by atoms with Crippen molar-refractivity contribution in [2.45, 2.75) is 180 Å². The molecule has 22 atom stereocenters. The van der Waals surface area contributed by atoms with Gasteiger partial charge in [0.05, 0.1) is 50.7 Å². The zero-order valence-electron chi connectivity index (χ0n) is 37.8. The minimum Gasteiger partial charge on any atom is -0.477 e. The number of carbonyl (C=O) groups is 4. The molecular formula is C39H71N3O27. The molecule has 30 nitrogen and oxygen atoms in total. The molecule has 0 amide bonds. The molecule has 30 heteroatoms. The van der Waals surface area contributed by atoms with Gasteiger partial charge in [0.25, 0.3) is 11.6 Å². The van der Waals surface area contributed by atoms with E-state index in [0.717, 1.165) is 12.6 Å². The van der Waals surface area contributed by atoms with Gasteiger partial charge in [0.15, 0.2) is 12.6 Å². The number of carbonyl (C=O) groups excluding carboxylic acids is 2. The number of ether oxygens (including phenoxy) is 8. The highest BCUT2D eigenvalue weighted by molar-refractivity contribution is 5.76. The first-order chi connectivity index (χ1) is 32.4. The van der Waals surface area contributed by atoms with E-state index in [-0.39, 0.29) is 6.61 Å². The van der Waals surface area contributed by atoms with Crippen molar-refractivity contribution < 1.29 is 134 Å². The molecule has 0 bridgehead atoms. The van der Waals surface area contributed by atoms with E-state index in [4.69, 9.17) is 64.7 Å². The van der Waals surface area contributed by atoms with Crippen molar-refractivity contribution in [3.05, 3.63) is 0 Å². The Balaban J connectivity index is 0.00000258. The van der Waals surface area contributed by atoms with E-state index >= 15 is 0 Å². The van der Waals surface area contributed by atoms with Gasteiger partial charge >= 0.3 is 11.9 Å². The highest BCUT2D eigenvalue weighted by atomic mass is 16.8. The standard InChI is InChI=1S/C35H63N3O25.2C2H4O/c36-4-2-1-3-5-56-30-26(50)24(48)22(46)16(60-30)10-58-35(33(54)55)7-15(19(38)29(63-35)21(45)14(43)9-40)59-31-27(51)25(49)23(47)17(61-31)11-57-34(32(52)53)6-12(41)18(37)28(62-34)20(44)13(42)8-39;2*1-2-3/h12-31,39-51H,1-11,36-38H2,(H,52,53)(H,54,55);2*2H,1H3/t12-,13-,14-,15-,16?,17?,18-,19-,20-,21-,22+,23+,24+,25+,26?,27?,28?,29?,30+,31+,34-,35-;;/m1../s1. The van der Waals surface area contributed by atoms with Crippen LogP contribution >= 0.6 is 0 Å². The van der Waals surface area contributed by atoms with E-state index in [1.54, 1.807) is 0 Å². The van der Waals surface area contributed by atoms with Crippen LogP contribution in [0.25, 0.3) is 0 Å². The molecule has 4 heterocycles. The highest BCUT2D eigenvalue weighted by Gasteiger charge is 2.59. The third-order valence-electron chi connectivity index (χ3n) is 11.5. The predicted octanol–water partition coefficient (Wildman–Crippen LogP) is -9.84. The number of aliphatic hydroxyl groups is 13. The number of rotatable bonds is 22. The molecule has 404 valence electrons. The fraction of sp³-hybridized carbons (Fsp3) is 0.897. The number of aliphatic hydroxyl groups excluding tert-OH is 13. The summed E-state index contributed by atoms with van der Waals surface area (Å²) in [5, 5.41) is 156. The SMILES string of the molecule is CC=O.CC=O.NCCCCCO[C@H]1OC(CO[C@]2(C(=O)O)C[C@@H](O[C@H]3OC(CO[C@]4(C(=O)O)C[C@@H](O)[C@@H](N)C([C@H](O)[C@H](O)CO)O4)[C@H](O)[C@H](O)C3O)[C@@H](N)C([C@H](O)[C@H](O)CO)O2)[C@H](O)[C@H](O)C1O. The number of unbranched alkanes of at least 4 members (excludes halogenated alkanes) is 2. The lowest BCUT2D eigenvalue weighted by molar-refractivity contribution is -0.363. The first-order valence-corrected chi connectivity index (χ1v) is 21.8. The summed E-state index contributed by atoms with van der Waals surface area (Å²) in [6.07, 6.45) is -33.3. The van der Waals surface area contributed by atoms with Crippen LogP contribution in [-0.4, -0.2) is 275 Å². The molecule has 69 heavy (non-hydrogen) atoms. The Bertz CT molecular complexity index is 1540. The van der Waals surface area contributed by atoms with Gasteiger partial charge < -0.3 is 141 Å². The molecule has 0 spiro atoms. The molecule has 4 saturated heterocycles. The van der Waals surface area contributed by atoms with Gasteiger partial charge in [0.2, 0.25) is 0 Å². The lowest BCUT2D eigenvalue weighted by Crippen LogP contribution is -2.69. The Labute approximate surface area is 394 Å². The molecule has 4 aliphatic rings. The quantitative estimate of drug-likeness (QED) is 0.0354. The third kappa shape index (κ3) is 15.9. The van der Waals surface area contributed by atoms with Crippen LogP contribution in [0.2, 0.25) is 0 Å². The average molecular weight is 1010 g/mol. The second kappa shape index (κ2) is 29.1. The molecule has 6 unspecified atom stereocenters. The number of carboxylic acid groups (broad SMARTS) is 2. The number of aliphatic carboxylic acids is 2. The van der Waals surface area contributed by atoms with Crippen LogP contribution in [0.5, 0.6) is 0 Å². The van der Waals surface area contributed by atoms with E-state index in [2.05, 4.69) is 0 Å². The molecule has 0 saturated carbocycles. The summed E-state index contributed by atoms with van der Waals surface area (Å²) in [7, 11) is 0. The van der Waals surface area contributed by atoms with Crippen molar-refractivity contribution in [3.63, 3.8) is 0 Å². The second-order valence-electron chi connectivity index (χ2n) is 16.4. The maximum Gasteiger partial charge on any atom is 0.364 e. The molecular weight excluding hydrogens is 942 g/mol. The van der Waals surface area contributed by atoms with Crippen LogP contribution in [0.3, 0.4) is 0 Å². The van der Waals surface area contributed by atoms with Gasteiger partial charge in [-0.25, -0.2) is 9.59 Å². The van der Waals surface area contributed by atoms with Crippen molar-refractivity contribution in [2.24, 2.45) is 17.2 Å². The first-order valence-electron chi connectivity index (χ1n) is 21.8. The van der Waals surface area contributed by atoms with E-state index in [1.165, 1.54) is 13.8 Å². The summed E-state index contributed by atoms with van der Waals surface area (Å²) in [5.74, 6) is -9.70. The van der Waals surface area contributed by atoms with E-state index in [9.17, 15) is 86.2 Å². The molecule has 4 rings (SSSR count). The van der Waals surface area contributed by atoms with Gasteiger partial charge in [-0.2, -0.15) is 0 Å². The van der Waals surface area contributed by atoms with E-state index in [0.29, 0.717) is 25.8 Å². The van der Waals surface area contributed by atoms with Crippen LogP contribution in [0.4, 0.5) is 0 Å². The summed E-state index contributed by atoms with van der Waals surface area (Å²) in [4.78, 5) is 43.2. The molecule has 0 aromatic rings. The molecule has 0 aromatic carbocycles. The van der Waals surface area contributed by atoms with Gasteiger partial charge in [-0.3, -0.25) is 0 Å². The van der Waals surface area contributed by atoms with Crippen LogP contribution < -0.4 is 17.2 Å². The van der Waals surface area contributed by atoms with Gasteiger partial charge in [-0.15, -0.1) is 0 Å². The molecule has 0 radical (unpaired) electrons. The maximum absolute atomic E-state index is 13.0. The fourth-order valence-electron chi connectivity index (χ4n) is 7.50. The largest absolute Gasteiger partial charge is 0.477 e. The fourth-order valence-corrected chi connectivity index (χ4v) is 7.50. The minimum atomic E-state index is -2.97. The van der Waals surface area contributed by atoms with Crippen molar-refractivity contribution in [1.82, 2.24) is 0 Å². The van der Waals surface area contributed by atoms with Crippen LogP contribution in [0, 0.1) is 0 Å². The van der Waals surface area contributed by atoms with Crippen LogP contribution in [0.15, 0.2) is 0 Å². The van der Waals surface area contributed by atoms with Crippen LogP contribution in [-0.2, 0) is 57.1 Å². The Morgan fingerprint density at radius 1 is 0.652 bits per heavy atom. The van der Waals surface area contributed by atoms with E-state index < -0.39 is 185 Å². The minimum absolute atomic E-state index is 0.0326. The monoisotopic (exact) mass is 1010 g/mol. The van der Waals surface area contributed by atoms with Crippen molar-refractivity contribution in [1.29, 1.82) is 0 Å². The topological polar surface area (TPSA) is 524 Å². The number of nitrogens with two attached hydrogens (primary N) is 3. The molecule has 4 fully saturated rings. The highest BCUT2D eigenvalue weighted by Crippen LogP contribution is 2.38. The predicted molar refractivity (Wildman–Crippen MR) is 222 cm³/mol. The number of carboxylic acids is 2. The van der Waals surface area contributed by atoms with Crippen molar-refractivity contribution >= 4 is 24.5 Å². The number of hydrogen-bond acceptors (Lipinski definition) is 28. The number of hydrogen-bond donors (Lipinski definition) is 18. The zero-order valence-corrected chi connectivity index (χ0v) is 37.8. The average Bonchev–Trinajstić information content (AvgIpc) is 3.31. The molecule has 4 aliphatic heterocycles. The van der Waals surface area contributed by atoms with Crippen LogP contribution in [0.1, 0.15) is 46.0 Å². The summed E-state index contributed by atoms with van der Waals surface area (Å²) in [6.45, 7) is -0.770. The lowest BCUT2D eigenvalue weighted by Gasteiger charge is -2.49.